The van der Waals surface area contributed by atoms with Crippen LogP contribution in [0.2, 0.25) is 0 Å². The second kappa shape index (κ2) is 12.7. The molecule has 0 atom stereocenters. The van der Waals surface area contributed by atoms with E-state index in [2.05, 4.69) is 9.95 Å². The molecule has 2 aromatic carbocycles. The van der Waals surface area contributed by atoms with Gasteiger partial charge in [-0.15, -0.1) is 0 Å². The third-order valence-electron chi connectivity index (χ3n) is 3.34. The number of carbonyl (C=O) groups is 2. The van der Waals surface area contributed by atoms with E-state index in [1.807, 2.05) is 0 Å². The molecule has 0 bridgehead atoms. The lowest BCUT2D eigenvalue weighted by Crippen LogP contribution is -2.07. The SMILES string of the molecule is COC(=O)c1cc([N+]#N)ccc1-c1ccc([N+]#N)cc1C(=O)OC.F[B-](F)(F)F.F[B-](F)(F)F. The minimum absolute atomic E-state index is 0.103. The molecule has 8 nitrogen and oxygen atoms in total. The fourth-order valence-electron chi connectivity index (χ4n) is 2.22. The smallest absolute Gasteiger partial charge is 0.465 e. The molecule has 182 valence electrons. The van der Waals surface area contributed by atoms with Gasteiger partial charge in [-0.25, -0.2) is 9.59 Å². The minimum Gasteiger partial charge on any atom is -0.465 e. The van der Waals surface area contributed by atoms with Crippen LogP contribution in [0.25, 0.3) is 21.1 Å². The van der Waals surface area contributed by atoms with Crippen LogP contribution in [0.5, 0.6) is 0 Å². The van der Waals surface area contributed by atoms with Crippen LogP contribution < -0.4 is 0 Å². The number of esters is 2. The van der Waals surface area contributed by atoms with Crippen LogP contribution in [0.4, 0.5) is 45.9 Å². The lowest BCUT2D eigenvalue weighted by molar-refractivity contribution is 0.0590. The topological polar surface area (TPSA) is 109 Å². The Hall–Kier alpha value is -4.21. The third-order valence-corrected chi connectivity index (χ3v) is 3.34. The number of ether oxygens (including phenoxy) is 2. The number of carbonyl (C=O) groups excluding carboxylic acids is 2. The molecule has 0 unspecified atom stereocenters. The van der Waals surface area contributed by atoms with Gasteiger partial charge in [0, 0.05) is 24.3 Å². The molecule has 34 heavy (non-hydrogen) atoms. The Morgan fingerprint density at radius 3 is 1.15 bits per heavy atom. The van der Waals surface area contributed by atoms with E-state index in [0.717, 1.165) is 0 Å². The van der Waals surface area contributed by atoms with E-state index in [-0.39, 0.29) is 22.5 Å². The van der Waals surface area contributed by atoms with Crippen LogP contribution >= 0.6 is 0 Å². The van der Waals surface area contributed by atoms with Crippen LogP contribution in [0.15, 0.2) is 36.4 Å². The maximum Gasteiger partial charge on any atom is 0.673 e. The summed E-state index contributed by atoms with van der Waals surface area (Å²) in [6, 6.07) is 8.61. The van der Waals surface area contributed by atoms with Crippen molar-refractivity contribution in [1.29, 1.82) is 10.8 Å². The van der Waals surface area contributed by atoms with Gasteiger partial charge < -0.3 is 44.0 Å². The highest BCUT2D eigenvalue weighted by Crippen LogP contribution is 2.33. The van der Waals surface area contributed by atoms with Crippen LogP contribution in [0.1, 0.15) is 20.7 Å². The predicted molar refractivity (Wildman–Crippen MR) is 104 cm³/mol. The van der Waals surface area contributed by atoms with Gasteiger partial charge in [0.15, 0.2) is 9.95 Å². The molecule has 0 radical (unpaired) electrons. The van der Waals surface area contributed by atoms with E-state index in [1.165, 1.54) is 50.6 Å². The van der Waals surface area contributed by atoms with Crippen LogP contribution in [0, 0.1) is 10.8 Å². The van der Waals surface area contributed by atoms with Gasteiger partial charge in [-0.1, -0.05) is 0 Å². The summed E-state index contributed by atoms with van der Waals surface area (Å²) in [5.41, 5.74) is 1.26. The molecule has 0 saturated carbocycles. The molecule has 2 rings (SSSR count). The average Bonchev–Trinajstić information content (AvgIpc) is 2.74. The fourth-order valence-corrected chi connectivity index (χ4v) is 2.22. The summed E-state index contributed by atoms with van der Waals surface area (Å²) < 4.78 is 87.5. The first kappa shape index (κ1) is 29.8. The second-order valence-corrected chi connectivity index (χ2v) is 5.63. The van der Waals surface area contributed by atoms with Gasteiger partial charge in [-0.05, 0) is 23.3 Å². The van der Waals surface area contributed by atoms with Crippen molar-refractivity contribution in [2.45, 2.75) is 0 Å². The fraction of sp³-hybridized carbons (Fsp3) is 0.125. The first-order chi connectivity index (χ1) is 15.5. The zero-order valence-corrected chi connectivity index (χ0v) is 17.1. The molecule has 0 N–H and O–H groups in total. The van der Waals surface area contributed by atoms with E-state index in [4.69, 9.17) is 20.3 Å². The molecule has 0 fully saturated rings. The van der Waals surface area contributed by atoms with E-state index in [1.54, 1.807) is 0 Å². The Morgan fingerprint density at radius 2 is 0.941 bits per heavy atom. The molecular weight excluding hydrogens is 486 g/mol. The normalized spacial score (nSPS) is 10.2. The average molecular weight is 498 g/mol. The number of diazo groups is 2. The summed E-state index contributed by atoms with van der Waals surface area (Å²) in [6.45, 7) is 0. The van der Waals surface area contributed by atoms with E-state index < -0.39 is 26.4 Å². The van der Waals surface area contributed by atoms with Crippen molar-refractivity contribution in [1.82, 2.24) is 0 Å². The van der Waals surface area contributed by atoms with Gasteiger partial charge in [0.2, 0.25) is 10.8 Å². The zero-order valence-electron chi connectivity index (χ0n) is 17.1. The zero-order chi connectivity index (χ0) is 26.7. The highest BCUT2D eigenvalue weighted by atomic mass is 19.5. The molecule has 0 saturated heterocycles. The summed E-state index contributed by atoms with van der Waals surface area (Å²) in [5.74, 6) is -1.33. The number of rotatable bonds is 3. The predicted octanol–water partition coefficient (Wildman–Crippen LogP) is 6.50. The number of hydrogen-bond acceptors (Lipinski definition) is 6. The number of halogens is 8. The van der Waals surface area contributed by atoms with Gasteiger partial charge >= 0.3 is 37.8 Å². The van der Waals surface area contributed by atoms with Gasteiger partial charge in [-0.2, -0.15) is 0 Å². The number of benzene rings is 2. The van der Waals surface area contributed by atoms with Gasteiger partial charge in [0.1, 0.15) is 0 Å². The van der Waals surface area contributed by atoms with Crippen molar-refractivity contribution >= 4 is 37.8 Å². The molecule has 0 amide bonds. The molecule has 0 spiro atoms. The number of nitrogens with zero attached hydrogens (tertiary/aromatic N) is 4. The summed E-state index contributed by atoms with van der Waals surface area (Å²) in [5, 5.41) is 17.8. The highest BCUT2D eigenvalue weighted by molar-refractivity contribution is 6.50. The Balaban J connectivity index is 0.000000916. The standard InChI is InChI=1S/C16H12N4O4.2BF4/c1-23-15(21)13-7-9(19-17)3-5-11(13)12-6-4-10(20-18)8-14(12)16(22)24-2;2*2-1(3,4)5/h3-8H,1-2H3;;/q+2;2*-1. The van der Waals surface area contributed by atoms with Crippen molar-refractivity contribution < 1.29 is 53.6 Å². The highest BCUT2D eigenvalue weighted by Gasteiger charge is 2.24. The Morgan fingerprint density at radius 1 is 0.676 bits per heavy atom. The summed E-state index contributed by atoms with van der Waals surface area (Å²) >= 11 is 0. The van der Waals surface area contributed by atoms with Crippen LogP contribution in [-0.2, 0) is 9.47 Å². The molecule has 0 aliphatic carbocycles. The van der Waals surface area contributed by atoms with Crippen molar-refractivity contribution in [3.8, 4) is 11.1 Å². The molecule has 0 aromatic heterocycles. The molecule has 18 heteroatoms. The first-order valence-electron chi connectivity index (χ1n) is 8.45. The minimum atomic E-state index is -6.00. The maximum atomic E-state index is 12.0. The largest absolute Gasteiger partial charge is 0.673 e. The van der Waals surface area contributed by atoms with Gasteiger partial charge in [-0.3, -0.25) is 0 Å². The van der Waals surface area contributed by atoms with Crippen molar-refractivity contribution in [3.63, 3.8) is 0 Å². The number of methoxy groups -OCH3 is 2. The van der Waals surface area contributed by atoms with Crippen molar-refractivity contribution in [2.24, 2.45) is 0 Å². The molecule has 2 aromatic rings. The van der Waals surface area contributed by atoms with E-state index >= 15 is 0 Å². The summed E-state index contributed by atoms with van der Waals surface area (Å²) in [4.78, 5) is 30.1. The van der Waals surface area contributed by atoms with Crippen LogP contribution in [0.3, 0.4) is 0 Å². The molecule has 0 heterocycles. The molecule has 0 aliphatic rings. The third kappa shape index (κ3) is 11.4. The summed E-state index contributed by atoms with van der Waals surface area (Å²) in [6.07, 6.45) is 0. The molecular formula is C16H12B2F8N4O4. The van der Waals surface area contributed by atoms with Crippen molar-refractivity contribution in [3.05, 3.63) is 57.5 Å². The lowest BCUT2D eigenvalue weighted by atomic mass is 9.94. The van der Waals surface area contributed by atoms with E-state index in [0.29, 0.717) is 11.1 Å². The number of hydrogen-bond donors (Lipinski definition) is 0. The first-order valence-corrected chi connectivity index (χ1v) is 8.45. The van der Waals surface area contributed by atoms with Crippen LogP contribution in [-0.4, -0.2) is 40.7 Å². The quantitative estimate of drug-likeness (QED) is 0.207. The Kier molecular flexibility index (Phi) is 11.2. The lowest BCUT2D eigenvalue weighted by Gasteiger charge is -2.10. The Bertz CT molecular complexity index is 1010. The van der Waals surface area contributed by atoms with Gasteiger partial charge in [0.25, 0.3) is 0 Å². The molecule has 0 aliphatic heterocycles. The Labute approximate surface area is 185 Å². The second-order valence-electron chi connectivity index (χ2n) is 5.63. The summed E-state index contributed by atoms with van der Waals surface area (Å²) in [7, 11) is -9.58. The maximum absolute atomic E-state index is 12.0. The monoisotopic (exact) mass is 498 g/mol. The van der Waals surface area contributed by atoms with Gasteiger partial charge in [0.05, 0.1) is 25.3 Å². The van der Waals surface area contributed by atoms with E-state index in [9.17, 15) is 44.1 Å². The van der Waals surface area contributed by atoms with Crippen molar-refractivity contribution in [2.75, 3.05) is 14.2 Å².